The highest BCUT2D eigenvalue weighted by Gasteiger charge is 2.22. The van der Waals surface area contributed by atoms with Crippen molar-refractivity contribution in [2.45, 2.75) is 4.90 Å². The summed E-state index contributed by atoms with van der Waals surface area (Å²) in [6.45, 7) is -0.112. The second-order valence-corrected chi connectivity index (χ2v) is 7.38. The van der Waals surface area contributed by atoms with E-state index in [2.05, 4.69) is 10.0 Å². The lowest BCUT2D eigenvalue weighted by atomic mass is 10.2. The summed E-state index contributed by atoms with van der Waals surface area (Å²) in [7, 11) is -1.16. The number of sulfonamides is 1. The number of carbonyl (C=O) groups excluding carboxylic acids is 1. The number of fused-ring (bicyclic) bond motifs is 1. The van der Waals surface area contributed by atoms with Gasteiger partial charge in [-0.15, -0.1) is 0 Å². The lowest BCUT2D eigenvalue weighted by Gasteiger charge is -2.19. The average Bonchev–Trinajstić information content (AvgIpc) is 2.61. The van der Waals surface area contributed by atoms with E-state index in [0.29, 0.717) is 5.75 Å². The van der Waals surface area contributed by atoms with E-state index in [1.165, 1.54) is 44.6 Å². The van der Waals surface area contributed by atoms with E-state index in [1.54, 1.807) is 0 Å². The van der Waals surface area contributed by atoms with Crippen LogP contribution in [0.15, 0.2) is 35.2 Å². The first-order chi connectivity index (χ1) is 12.3. The Bertz CT molecular complexity index is 977. The fourth-order valence-corrected chi connectivity index (χ4v) is 3.69. The van der Waals surface area contributed by atoms with Crippen molar-refractivity contribution in [3.05, 3.63) is 35.4 Å². The topological polar surface area (TPSA) is 103 Å². The summed E-state index contributed by atoms with van der Waals surface area (Å²) >= 11 is 6.03. The van der Waals surface area contributed by atoms with E-state index in [9.17, 15) is 13.2 Å². The molecular weight excluding hydrogens is 384 g/mol. The van der Waals surface area contributed by atoms with Gasteiger partial charge in [-0.25, -0.2) is 8.42 Å². The molecule has 10 heteroatoms. The molecule has 3 rings (SSSR count). The molecule has 0 unspecified atom stereocenters. The first kappa shape index (κ1) is 18.2. The molecular formula is C16H15ClN2O6S. The number of hydrogen-bond acceptors (Lipinski definition) is 6. The molecule has 0 atom stereocenters. The molecule has 1 aliphatic heterocycles. The maximum Gasteiger partial charge on any atom is 0.262 e. The van der Waals surface area contributed by atoms with Crippen molar-refractivity contribution >= 4 is 38.9 Å². The Kier molecular flexibility index (Phi) is 4.84. The number of anilines is 2. The van der Waals surface area contributed by atoms with Crippen LogP contribution in [0, 0.1) is 0 Å². The number of amides is 1. The molecule has 1 amide bonds. The Morgan fingerprint density at radius 3 is 2.58 bits per heavy atom. The zero-order valence-electron chi connectivity index (χ0n) is 13.8. The molecule has 2 aromatic rings. The number of benzene rings is 2. The zero-order chi connectivity index (χ0) is 18.9. The maximum absolute atomic E-state index is 12.7. The molecule has 1 heterocycles. The van der Waals surface area contributed by atoms with Gasteiger partial charge in [0.25, 0.3) is 15.9 Å². The highest BCUT2D eigenvalue weighted by molar-refractivity contribution is 7.92. The van der Waals surface area contributed by atoms with Gasteiger partial charge in [0.2, 0.25) is 0 Å². The van der Waals surface area contributed by atoms with Gasteiger partial charge in [-0.05, 0) is 18.2 Å². The second kappa shape index (κ2) is 6.93. The van der Waals surface area contributed by atoms with Crippen LogP contribution in [0.3, 0.4) is 0 Å². The van der Waals surface area contributed by atoms with Gasteiger partial charge in [0.1, 0.15) is 17.2 Å². The highest BCUT2D eigenvalue weighted by Crippen LogP contribution is 2.37. The normalized spacial score (nSPS) is 13.3. The van der Waals surface area contributed by atoms with E-state index >= 15 is 0 Å². The van der Waals surface area contributed by atoms with Gasteiger partial charge in [0.15, 0.2) is 6.61 Å². The third-order valence-corrected chi connectivity index (χ3v) is 5.27. The molecule has 0 radical (unpaired) electrons. The number of hydrogen-bond donors (Lipinski definition) is 2. The smallest absolute Gasteiger partial charge is 0.262 e. The summed E-state index contributed by atoms with van der Waals surface area (Å²) in [5.41, 5.74) is 0.441. The van der Waals surface area contributed by atoms with E-state index in [1.807, 2.05) is 0 Å². The summed E-state index contributed by atoms with van der Waals surface area (Å²) in [6.07, 6.45) is 0. The van der Waals surface area contributed by atoms with Gasteiger partial charge >= 0.3 is 0 Å². The minimum Gasteiger partial charge on any atom is -0.495 e. The van der Waals surface area contributed by atoms with Gasteiger partial charge in [0, 0.05) is 12.1 Å². The van der Waals surface area contributed by atoms with Crippen molar-refractivity contribution in [2.75, 3.05) is 30.9 Å². The van der Waals surface area contributed by atoms with Crippen molar-refractivity contribution in [3.8, 4) is 17.2 Å². The van der Waals surface area contributed by atoms with E-state index in [-0.39, 0.29) is 45.3 Å². The minimum atomic E-state index is -3.97. The van der Waals surface area contributed by atoms with Crippen LogP contribution < -0.4 is 24.2 Å². The monoisotopic (exact) mass is 398 g/mol. The van der Waals surface area contributed by atoms with Crippen LogP contribution in [0.2, 0.25) is 5.02 Å². The quantitative estimate of drug-likeness (QED) is 0.802. The van der Waals surface area contributed by atoms with Crippen molar-refractivity contribution in [1.82, 2.24) is 0 Å². The Morgan fingerprint density at radius 2 is 1.88 bits per heavy atom. The predicted octanol–water partition coefficient (Wildman–Crippen LogP) is 2.49. The Balaban J connectivity index is 1.97. The lowest BCUT2D eigenvalue weighted by Crippen LogP contribution is -2.25. The van der Waals surface area contributed by atoms with E-state index in [0.717, 1.165) is 0 Å². The number of nitrogens with one attached hydrogen (secondary N) is 2. The Labute approximate surface area is 155 Å². The van der Waals surface area contributed by atoms with Crippen LogP contribution in [0.5, 0.6) is 17.2 Å². The van der Waals surface area contributed by atoms with E-state index in [4.69, 9.17) is 25.8 Å². The second-order valence-electron chi connectivity index (χ2n) is 5.29. The molecule has 0 aliphatic carbocycles. The standard InChI is InChI=1S/C16H15ClN2O6S/c1-23-14-7-12(15(24-2)6-10(14)17)19-26(21,22)9-3-4-13-11(5-9)18-16(20)8-25-13/h3-7,19H,8H2,1-2H3,(H,18,20). The maximum atomic E-state index is 12.7. The van der Waals surface area contributed by atoms with Crippen LogP contribution in [0.1, 0.15) is 0 Å². The molecule has 0 fully saturated rings. The van der Waals surface area contributed by atoms with Crippen LogP contribution in [0.4, 0.5) is 11.4 Å². The van der Waals surface area contributed by atoms with Crippen LogP contribution >= 0.6 is 11.6 Å². The van der Waals surface area contributed by atoms with Gasteiger partial charge in [-0.2, -0.15) is 0 Å². The number of carbonyl (C=O) groups is 1. The summed E-state index contributed by atoms with van der Waals surface area (Å²) in [6, 6.07) is 7.02. The number of halogens is 1. The lowest BCUT2D eigenvalue weighted by molar-refractivity contribution is -0.118. The third kappa shape index (κ3) is 3.49. The highest BCUT2D eigenvalue weighted by atomic mass is 35.5. The largest absolute Gasteiger partial charge is 0.495 e. The van der Waals surface area contributed by atoms with Gasteiger partial charge in [-0.3, -0.25) is 9.52 Å². The van der Waals surface area contributed by atoms with Gasteiger partial charge < -0.3 is 19.5 Å². The zero-order valence-corrected chi connectivity index (χ0v) is 15.4. The fraction of sp³-hybridized carbons (Fsp3) is 0.188. The SMILES string of the molecule is COc1cc(NS(=O)(=O)c2ccc3c(c2)NC(=O)CO3)c(OC)cc1Cl. The van der Waals surface area contributed by atoms with Gasteiger partial charge in [-0.1, -0.05) is 11.6 Å². The van der Waals surface area contributed by atoms with Crippen LogP contribution in [0.25, 0.3) is 0 Å². The molecule has 0 saturated heterocycles. The Morgan fingerprint density at radius 1 is 1.15 bits per heavy atom. The van der Waals surface area contributed by atoms with Crippen molar-refractivity contribution in [2.24, 2.45) is 0 Å². The molecule has 0 saturated carbocycles. The molecule has 2 aromatic carbocycles. The molecule has 26 heavy (non-hydrogen) atoms. The summed E-state index contributed by atoms with van der Waals surface area (Å²) in [5, 5.41) is 2.84. The molecule has 138 valence electrons. The average molecular weight is 399 g/mol. The predicted molar refractivity (Wildman–Crippen MR) is 95.9 cm³/mol. The third-order valence-electron chi connectivity index (χ3n) is 3.61. The molecule has 2 N–H and O–H groups in total. The molecule has 0 bridgehead atoms. The van der Waals surface area contributed by atoms with Gasteiger partial charge in [0.05, 0.1) is 35.5 Å². The summed E-state index contributed by atoms with van der Waals surface area (Å²) in [4.78, 5) is 11.4. The summed E-state index contributed by atoms with van der Waals surface area (Å²) < 4.78 is 43.4. The number of ether oxygens (including phenoxy) is 3. The fourth-order valence-electron chi connectivity index (χ4n) is 2.37. The molecule has 0 aromatic heterocycles. The Hall–Kier alpha value is -2.65. The van der Waals surface area contributed by atoms with Crippen molar-refractivity contribution in [3.63, 3.8) is 0 Å². The van der Waals surface area contributed by atoms with Crippen molar-refractivity contribution < 1.29 is 27.4 Å². The molecule has 1 aliphatic rings. The molecule has 0 spiro atoms. The first-order valence-electron chi connectivity index (χ1n) is 7.35. The van der Waals surface area contributed by atoms with Crippen molar-refractivity contribution in [1.29, 1.82) is 0 Å². The molecule has 8 nitrogen and oxygen atoms in total. The number of methoxy groups -OCH3 is 2. The van der Waals surface area contributed by atoms with Crippen LogP contribution in [-0.4, -0.2) is 35.2 Å². The first-order valence-corrected chi connectivity index (χ1v) is 9.21. The minimum absolute atomic E-state index is 0.0574. The summed E-state index contributed by atoms with van der Waals surface area (Å²) in [5.74, 6) is 0.559. The van der Waals surface area contributed by atoms with E-state index < -0.39 is 10.0 Å². The van der Waals surface area contributed by atoms with Crippen LogP contribution in [-0.2, 0) is 14.8 Å². The number of rotatable bonds is 5.